The van der Waals surface area contributed by atoms with Gasteiger partial charge in [-0.05, 0) is 109 Å². The summed E-state index contributed by atoms with van der Waals surface area (Å²) in [4.78, 5) is 5.11. The molecule has 7 aromatic carbocycles. The van der Waals surface area contributed by atoms with Crippen LogP contribution in [0.2, 0.25) is 0 Å². The molecule has 2 atom stereocenters. The molecule has 0 bridgehead atoms. The van der Waals surface area contributed by atoms with Gasteiger partial charge < -0.3 is 9.64 Å². The van der Waals surface area contributed by atoms with Gasteiger partial charge in [-0.15, -0.1) is 4.57 Å². The van der Waals surface area contributed by atoms with Crippen molar-refractivity contribution >= 4 is 17.1 Å². The van der Waals surface area contributed by atoms with E-state index in [2.05, 4.69) is 204 Å². The maximum atomic E-state index is 8.41. The van der Waals surface area contributed by atoms with Gasteiger partial charge in [-0.2, -0.15) is 0 Å². The first-order valence-electron chi connectivity index (χ1n) is 29.3. The molecule has 1 aromatic heterocycles. The lowest BCUT2D eigenvalue weighted by atomic mass is 9.77. The van der Waals surface area contributed by atoms with Gasteiger partial charge in [0.15, 0.2) is 6.20 Å². The topological polar surface area (TPSA) is 19.6 Å². The Bertz CT molecular complexity index is 3740. The third-order valence-corrected chi connectivity index (χ3v) is 15.7. The maximum absolute atomic E-state index is 8.41. The Morgan fingerprint density at radius 3 is 1.89 bits per heavy atom. The van der Waals surface area contributed by atoms with Crippen molar-refractivity contribution in [1.82, 2.24) is 0 Å². The molecule has 350 valence electrons. The number of para-hydroxylation sites is 1. The normalized spacial score (nSPS) is 19.9. The highest BCUT2D eigenvalue weighted by molar-refractivity contribution is 6.03. The van der Waals surface area contributed by atoms with Crippen LogP contribution >= 0.6 is 0 Å². The summed E-state index contributed by atoms with van der Waals surface area (Å²) in [6.07, 6.45) is 2.63. The van der Waals surface area contributed by atoms with Crippen molar-refractivity contribution < 1.29 is 21.6 Å². The quantitative estimate of drug-likeness (QED) is 0.155. The average Bonchev–Trinajstić information content (AvgIpc) is 1.69. The zero-order valence-electron chi connectivity index (χ0n) is 50.6. The fourth-order valence-corrected chi connectivity index (χ4v) is 11.5. The number of fused-ring (bicyclic) bond motifs is 5. The van der Waals surface area contributed by atoms with Crippen molar-refractivity contribution in [3.63, 3.8) is 0 Å². The molecular weight excluding hydrogens is 851 g/mol. The SMILES string of the molecule is [2H]C([2H])([2H])C(c1ccc(-c2cc[n+]3c(c2)-c2cc(-c4ccccc4)cc4c2C32Oc3c(cc(C(C)(C)C)cc3C(C)(C)C)C3N(c5ccc(C(C)(C)CC)cc5-c5ccccc5)c5cccc-4c5N32)cc1)(C([2H])([2H])[2H])C([2H])([2H])[2H]. The van der Waals surface area contributed by atoms with Crippen LogP contribution in [0.15, 0.2) is 164 Å². The molecule has 0 fully saturated rings. The minimum atomic E-state index is -3.38. The molecule has 4 aliphatic heterocycles. The van der Waals surface area contributed by atoms with E-state index in [-0.39, 0.29) is 21.8 Å². The smallest absolute Gasteiger partial charge is 0.410 e. The summed E-state index contributed by atoms with van der Waals surface area (Å²) in [5, 5.41) is 0. The highest BCUT2D eigenvalue weighted by Gasteiger charge is 2.70. The lowest BCUT2D eigenvalue weighted by Crippen LogP contribution is -2.71. The third kappa shape index (κ3) is 6.44. The summed E-state index contributed by atoms with van der Waals surface area (Å²) in [6, 6.07) is 54.4. The van der Waals surface area contributed by atoms with Gasteiger partial charge in [0, 0.05) is 52.3 Å². The number of hydrogen-bond acceptors (Lipinski definition) is 3. The summed E-state index contributed by atoms with van der Waals surface area (Å²) >= 11 is 0. The number of aromatic nitrogens is 1. The molecule has 70 heavy (non-hydrogen) atoms. The van der Waals surface area contributed by atoms with Crippen LogP contribution in [-0.4, -0.2) is 0 Å². The molecule has 0 saturated heterocycles. The predicted octanol–water partition coefficient (Wildman–Crippen LogP) is 16.9. The van der Waals surface area contributed by atoms with Crippen molar-refractivity contribution in [3.8, 4) is 61.5 Å². The fourth-order valence-electron chi connectivity index (χ4n) is 11.5. The van der Waals surface area contributed by atoms with E-state index in [9.17, 15) is 0 Å². The second kappa shape index (κ2) is 15.0. The molecule has 0 aliphatic carbocycles. The van der Waals surface area contributed by atoms with Crippen LogP contribution in [0, 0.1) is 0 Å². The van der Waals surface area contributed by atoms with Crippen LogP contribution in [0.5, 0.6) is 5.75 Å². The van der Waals surface area contributed by atoms with Crippen LogP contribution in [0.1, 0.15) is 141 Å². The Hall–Kier alpha value is -6.91. The van der Waals surface area contributed by atoms with Crippen LogP contribution in [0.3, 0.4) is 0 Å². The van der Waals surface area contributed by atoms with Crippen molar-refractivity contribution in [1.29, 1.82) is 0 Å². The average molecular weight is 926 g/mol. The summed E-state index contributed by atoms with van der Waals surface area (Å²) < 4.78 is 86.1. The number of nitrogens with zero attached hydrogens (tertiary/aromatic N) is 3. The largest absolute Gasteiger partial charge is 0.432 e. The van der Waals surface area contributed by atoms with Gasteiger partial charge in [0.05, 0.1) is 22.6 Å². The van der Waals surface area contributed by atoms with Gasteiger partial charge in [0.25, 0.3) is 0 Å². The Morgan fingerprint density at radius 2 is 1.21 bits per heavy atom. The Balaban J connectivity index is 1.17. The Morgan fingerprint density at radius 1 is 0.543 bits per heavy atom. The standard InChI is InChI=1S/C66H66N3O/c1-13-65(11,12)47-31-32-55(50(38-47)43-23-18-15-19-24-43)68-56-26-20-25-49-51-35-45(41-21-16-14-17-22-41)36-52-57-37-44(42-27-29-46(30-28-42)62(2,3)4)33-34-67(57)66(58(51)52)69(59(49)56)61(68)53-39-48(63(5,6)7)40-54(60(53)70-66)64(8,9)10/h14-40,61H,13H2,1-12H3/q+1/i2D3,3D3,4D3. The summed E-state index contributed by atoms with van der Waals surface area (Å²) in [7, 11) is 0. The van der Waals surface area contributed by atoms with E-state index in [1.165, 1.54) is 23.3 Å². The molecule has 4 aliphatic rings. The fraction of sp³-hybridized carbons (Fsp3) is 0.288. The van der Waals surface area contributed by atoms with Gasteiger partial charge in [-0.3, -0.25) is 0 Å². The van der Waals surface area contributed by atoms with Crippen molar-refractivity contribution in [2.24, 2.45) is 0 Å². The molecular formula is C66H66N3O+. The van der Waals surface area contributed by atoms with Crippen LogP contribution in [0.25, 0.3) is 55.8 Å². The first kappa shape index (κ1) is 35.2. The molecule has 0 radical (unpaired) electrons. The van der Waals surface area contributed by atoms with Gasteiger partial charge in [-0.25, -0.2) is 4.90 Å². The number of rotatable bonds is 6. The molecule has 8 aromatic rings. The summed E-state index contributed by atoms with van der Waals surface area (Å²) in [5.74, 6) is -0.454. The van der Waals surface area contributed by atoms with Crippen molar-refractivity contribution in [2.75, 3.05) is 9.80 Å². The molecule has 5 heterocycles. The van der Waals surface area contributed by atoms with Crippen LogP contribution < -0.4 is 19.1 Å². The number of pyridine rings is 1. The van der Waals surface area contributed by atoms with E-state index in [1.54, 1.807) is 12.1 Å². The van der Waals surface area contributed by atoms with Crippen molar-refractivity contribution in [3.05, 3.63) is 197 Å². The highest BCUT2D eigenvalue weighted by Crippen LogP contribution is 2.68. The van der Waals surface area contributed by atoms with E-state index in [1.807, 2.05) is 12.1 Å². The molecule has 0 N–H and O–H groups in total. The molecule has 12 rings (SSSR count). The Kier molecular flexibility index (Phi) is 7.57. The van der Waals surface area contributed by atoms with E-state index in [0.29, 0.717) is 5.56 Å². The first-order valence-corrected chi connectivity index (χ1v) is 24.8. The number of ether oxygens (including phenoxy) is 1. The lowest BCUT2D eigenvalue weighted by Gasteiger charge is -2.49. The maximum Gasteiger partial charge on any atom is 0.432 e. The van der Waals surface area contributed by atoms with E-state index in [0.717, 1.165) is 96.1 Å². The van der Waals surface area contributed by atoms with E-state index < -0.39 is 38.0 Å². The lowest BCUT2D eigenvalue weighted by molar-refractivity contribution is -0.774. The number of benzene rings is 7. The zero-order valence-corrected chi connectivity index (χ0v) is 41.6. The van der Waals surface area contributed by atoms with Crippen molar-refractivity contribution in [2.45, 2.75) is 123 Å². The van der Waals surface area contributed by atoms with Crippen LogP contribution in [0.4, 0.5) is 17.1 Å². The van der Waals surface area contributed by atoms with Gasteiger partial charge in [-0.1, -0.05) is 192 Å². The molecule has 4 nitrogen and oxygen atoms in total. The van der Waals surface area contributed by atoms with Gasteiger partial charge in [0.1, 0.15) is 17.5 Å². The highest BCUT2D eigenvalue weighted by atomic mass is 16.5. The number of anilines is 3. The van der Waals surface area contributed by atoms with Gasteiger partial charge in [0.2, 0.25) is 5.69 Å². The third-order valence-electron chi connectivity index (χ3n) is 15.7. The molecule has 1 spiro atoms. The molecule has 2 unspecified atom stereocenters. The Labute approximate surface area is 428 Å². The molecule has 4 heteroatoms. The molecule has 0 saturated carbocycles. The minimum Gasteiger partial charge on any atom is -0.410 e. The first-order chi connectivity index (χ1) is 37.0. The predicted molar refractivity (Wildman–Crippen MR) is 291 cm³/mol. The molecule has 0 amide bonds. The van der Waals surface area contributed by atoms with Gasteiger partial charge >= 0.3 is 5.85 Å². The zero-order chi connectivity index (χ0) is 56.4. The van der Waals surface area contributed by atoms with Crippen LogP contribution in [-0.2, 0) is 27.5 Å². The number of hydrogen-bond donors (Lipinski definition) is 0. The van der Waals surface area contributed by atoms with E-state index >= 15 is 0 Å². The monoisotopic (exact) mass is 926 g/mol. The van der Waals surface area contributed by atoms with E-state index in [4.69, 9.17) is 17.1 Å². The second-order valence-electron chi connectivity index (χ2n) is 22.6. The summed E-state index contributed by atoms with van der Waals surface area (Å²) in [6.45, 7) is 10.4. The minimum absolute atomic E-state index is 0.0803. The summed E-state index contributed by atoms with van der Waals surface area (Å²) in [5.41, 5.74) is 14.5. The second-order valence-corrected chi connectivity index (χ2v) is 22.6.